The Hall–Kier alpha value is -0.910. The standard InChI is InChI=1S/C19H32N2O2S/c1-18(2,3)24(22)17-8-6-16(7-9-17)23-19(4,5)10-13-21-14-11-20-12-15-21/h6-9,20H,10-15H2,1-5H3. The summed E-state index contributed by atoms with van der Waals surface area (Å²) in [6.07, 6.45) is 0.989. The molecule has 1 unspecified atom stereocenters. The van der Waals surface area contributed by atoms with Gasteiger partial charge < -0.3 is 15.0 Å². The van der Waals surface area contributed by atoms with Gasteiger partial charge in [0.2, 0.25) is 0 Å². The van der Waals surface area contributed by atoms with E-state index in [4.69, 9.17) is 4.74 Å². The molecule has 2 rings (SSSR count). The van der Waals surface area contributed by atoms with Crippen molar-refractivity contribution in [2.45, 2.75) is 56.3 Å². The average molecular weight is 353 g/mol. The van der Waals surface area contributed by atoms with Gasteiger partial charge >= 0.3 is 0 Å². The molecule has 4 nitrogen and oxygen atoms in total. The predicted octanol–water partition coefficient (Wildman–Crippen LogP) is 3.05. The quantitative estimate of drug-likeness (QED) is 0.854. The van der Waals surface area contributed by atoms with E-state index in [1.807, 2.05) is 45.0 Å². The number of hydrogen-bond acceptors (Lipinski definition) is 4. The molecule has 0 aromatic heterocycles. The van der Waals surface area contributed by atoms with Crippen LogP contribution in [0.3, 0.4) is 0 Å². The highest BCUT2D eigenvalue weighted by molar-refractivity contribution is 7.86. The van der Waals surface area contributed by atoms with Crippen LogP contribution in [0.15, 0.2) is 29.2 Å². The molecular formula is C19H32N2O2S. The molecule has 0 aliphatic carbocycles. The SMILES string of the molecule is CC(C)(CCN1CCNCC1)Oc1ccc(S(=O)C(C)(C)C)cc1. The number of nitrogens with one attached hydrogen (secondary N) is 1. The largest absolute Gasteiger partial charge is 0.488 e. The molecule has 1 aliphatic rings. The molecule has 24 heavy (non-hydrogen) atoms. The van der Waals surface area contributed by atoms with Crippen LogP contribution in [0.2, 0.25) is 0 Å². The number of ether oxygens (including phenoxy) is 1. The molecule has 1 N–H and O–H groups in total. The Labute approximate surface area is 149 Å². The van der Waals surface area contributed by atoms with E-state index in [0.29, 0.717) is 0 Å². The third kappa shape index (κ3) is 5.87. The minimum absolute atomic E-state index is 0.213. The fourth-order valence-electron chi connectivity index (χ4n) is 2.72. The summed E-state index contributed by atoms with van der Waals surface area (Å²) >= 11 is 0. The lowest BCUT2D eigenvalue weighted by molar-refractivity contribution is 0.0808. The maximum Gasteiger partial charge on any atom is 0.120 e. The topological polar surface area (TPSA) is 41.6 Å². The van der Waals surface area contributed by atoms with Gasteiger partial charge in [-0.2, -0.15) is 0 Å². The monoisotopic (exact) mass is 352 g/mol. The van der Waals surface area contributed by atoms with Crippen molar-refractivity contribution in [1.82, 2.24) is 10.2 Å². The van der Waals surface area contributed by atoms with Crippen LogP contribution in [-0.4, -0.2) is 52.2 Å². The van der Waals surface area contributed by atoms with Gasteiger partial charge in [-0.05, 0) is 65.3 Å². The van der Waals surface area contributed by atoms with Gasteiger partial charge in [0.25, 0.3) is 0 Å². The van der Waals surface area contributed by atoms with E-state index < -0.39 is 10.8 Å². The minimum atomic E-state index is -1.01. The number of nitrogens with zero attached hydrogens (tertiary/aromatic N) is 1. The average Bonchev–Trinajstić information content (AvgIpc) is 2.53. The first-order valence-electron chi connectivity index (χ1n) is 8.81. The van der Waals surface area contributed by atoms with E-state index in [-0.39, 0.29) is 10.3 Å². The molecule has 0 saturated carbocycles. The van der Waals surface area contributed by atoms with E-state index in [1.165, 1.54) is 0 Å². The van der Waals surface area contributed by atoms with Crippen LogP contribution in [0.4, 0.5) is 0 Å². The molecule has 1 fully saturated rings. The van der Waals surface area contributed by atoms with Crippen molar-refractivity contribution in [2.24, 2.45) is 0 Å². The Balaban J connectivity index is 1.90. The summed E-state index contributed by atoms with van der Waals surface area (Å²) in [7, 11) is -1.01. The summed E-state index contributed by atoms with van der Waals surface area (Å²) in [5.74, 6) is 0.843. The van der Waals surface area contributed by atoms with Crippen molar-refractivity contribution in [3.63, 3.8) is 0 Å². The van der Waals surface area contributed by atoms with Crippen molar-refractivity contribution in [3.8, 4) is 5.75 Å². The highest BCUT2D eigenvalue weighted by Gasteiger charge is 2.23. The molecule has 1 atom stereocenters. The second-order valence-electron chi connectivity index (χ2n) is 8.06. The molecular weight excluding hydrogens is 320 g/mol. The van der Waals surface area contributed by atoms with E-state index in [1.54, 1.807) is 0 Å². The van der Waals surface area contributed by atoms with Crippen LogP contribution in [-0.2, 0) is 10.8 Å². The van der Waals surface area contributed by atoms with Gasteiger partial charge in [0.15, 0.2) is 0 Å². The Kier molecular flexibility index (Phi) is 6.46. The number of hydrogen-bond donors (Lipinski definition) is 1. The van der Waals surface area contributed by atoms with Gasteiger partial charge in [0.05, 0.1) is 10.8 Å². The number of rotatable bonds is 6. The molecule has 136 valence electrons. The second-order valence-corrected chi connectivity index (χ2v) is 10.3. The Morgan fingerprint density at radius 2 is 1.67 bits per heavy atom. The maximum absolute atomic E-state index is 12.4. The van der Waals surface area contributed by atoms with E-state index in [9.17, 15) is 4.21 Å². The summed E-state index contributed by atoms with van der Waals surface area (Å²) in [6.45, 7) is 15.7. The van der Waals surface area contributed by atoms with E-state index >= 15 is 0 Å². The molecule has 1 aromatic rings. The molecule has 1 heterocycles. The number of piperazine rings is 1. The van der Waals surface area contributed by atoms with Crippen molar-refractivity contribution < 1.29 is 8.95 Å². The van der Waals surface area contributed by atoms with Crippen LogP contribution < -0.4 is 10.1 Å². The highest BCUT2D eigenvalue weighted by atomic mass is 32.2. The zero-order valence-corrected chi connectivity index (χ0v) is 16.5. The van der Waals surface area contributed by atoms with Gasteiger partial charge in [-0.3, -0.25) is 4.21 Å². The van der Waals surface area contributed by atoms with Crippen LogP contribution in [0.5, 0.6) is 5.75 Å². The van der Waals surface area contributed by atoms with Crippen LogP contribution >= 0.6 is 0 Å². The van der Waals surface area contributed by atoms with Gasteiger partial charge in [0, 0.05) is 42.4 Å². The first-order valence-corrected chi connectivity index (χ1v) is 9.96. The zero-order chi connectivity index (χ0) is 17.8. The van der Waals surface area contributed by atoms with Gasteiger partial charge in [-0.15, -0.1) is 0 Å². The fourth-order valence-corrected chi connectivity index (χ4v) is 3.81. The van der Waals surface area contributed by atoms with Gasteiger partial charge in [-0.25, -0.2) is 0 Å². The zero-order valence-electron chi connectivity index (χ0n) is 15.7. The Morgan fingerprint density at radius 1 is 1.08 bits per heavy atom. The van der Waals surface area contributed by atoms with E-state index in [0.717, 1.165) is 49.8 Å². The van der Waals surface area contributed by atoms with Crippen molar-refractivity contribution >= 4 is 10.8 Å². The molecule has 5 heteroatoms. The molecule has 1 saturated heterocycles. The van der Waals surface area contributed by atoms with Crippen LogP contribution in [0.25, 0.3) is 0 Å². The lowest BCUT2D eigenvalue weighted by atomic mass is 10.0. The second kappa shape index (κ2) is 7.98. The predicted molar refractivity (Wildman–Crippen MR) is 101 cm³/mol. The normalized spacial score (nSPS) is 18.4. The van der Waals surface area contributed by atoms with E-state index in [2.05, 4.69) is 24.1 Å². The molecule has 1 aliphatic heterocycles. The van der Waals surface area contributed by atoms with Gasteiger partial charge in [0.1, 0.15) is 11.4 Å². The molecule has 0 amide bonds. The number of benzene rings is 1. The first-order chi connectivity index (χ1) is 11.2. The third-order valence-electron chi connectivity index (χ3n) is 4.23. The summed E-state index contributed by atoms with van der Waals surface area (Å²) in [6, 6.07) is 7.71. The van der Waals surface area contributed by atoms with Gasteiger partial charge in [-0.1, -0.05) is 0 Å². The minimum Gasteiger partial charge on any atom is -0.488 e. The lowest BCUT2D eigenvalue weighted by Gasteiger charge is -2.32. The summed E-state index contributed by atoms with van der Waals surface area (Å²) in [4.78, 5) is 3.34. The Morgan fingerprint density at radius 3 is 2.21 bits per heavy atom. The molecule has 0 bridgehead atoms. The summed E-state index contributed by atoms with van der Waals surface area (Å²) < 4.78 is 18.3. The van der Waals surface area contributed by atoms with Crippen molar-refractivity contribution in [2.75, 3.05) is 32.7 Å². The van der Waals surface area contributed by atoms with Crippen LogP contribution in [0, 0.1) is 0 Å². The summed E-state index contributed by atoms with van der Waals surface area (Å²) in [5, 5.41) is 3.38. The smallest absolute Gasteiger partial charge is 0.120 e. The molecule has 0 spiro atoms. The Bertz CT molecular complexity index is 543. The highest BCUT2D eigenvalue weighted by Crippen LogP contribution is 2.25. The summed E-state index contributed by atoms with van der Waals surface area (Å²) in [5.41, 5.74) is -0.213. The van der Waals surface area contributed by atoms with Crippen LogP contribution in [0.1, 0.15) is 41.0 Å². The van der Waals surface area contributed by atoms with Crippen molar-refractivity contribution in [1.29, 1.82) is 0 Å². The molecule has 1 aromatic carbocycles. The molecule has 0 radical (unpaired) electrons. The lowest BCUT2D eigenvalue weighted by Crippen LogP contribution is -2.45. The maximum atomic E-state index is 12.4. The van der Waals surface area contributed by atoms with Crippen molar-refractivity contribution in [3.05, 3.63) is 24.3 Å². The third-order valence-corrected chi connectivity index (χ3v) is 6.04. The fraction of sp³-hybridized carbons (Fsp3) is 0.684. The first kappa shape index (κ1) is 19.4.